The molecule has 1 aromatic carbocycles. The van der Waals surface area contributed by atoms with Crippen molar-refractivity contribution in [3.05, 3.63) is 47.3 Å². The maximum Gasteiger partial charge on any atom is 0.251 e. The van der Waals surface area contributed by atoms with E-state index in [1.54, 1.807) is 10.9 Å². The Bertz CT molecular complexity index is 618. The monoisotopic (exact) mass is 256 g/mol. The summed E-state index contributed by atoms with van der Waals surface area (Å²) in [5.74, 6) is -0.0577. The molecule has 1 aromatic heterocycles. The average Bonchev–Trinajstić information content (AvgIpc) is 3.03. The van der Waals surface area contributed by atoms with Crippen molar-refractivity contribution in [2.45, 2.75) is 13.0 Å². The fourth-order valence-corrected chi connectivity index (χ4v) is 2.28. The number of anilines is 1. The Kier molecular flexibility index (Phi) is 2.95. The molecule has 1 aliphatic heterocycles. The van der Waals surface area contributed by atoms with Gasteiger partial charge in [0.15, 0.2) is 0 Å². The van der Waals surface area contributed by atoms with Crippen LogP contribution in [0.4, 0.5) is 5.69 Å². The Hall–Kier alpha value is -2.30. The number of rotatable bonds is 3. The number of aromatic nitrogens is 2. The van der Waals surface area contributed by atoms with Crippen molar-refractivity contribution < 1.29 is 4.79 Å². The van der Waals surface area contributed by atoms with Crippen LogP contribution in [0, 0.1) is 0 Å². The lowest BCUT2D eigenvalue weighted by molar-refractivity contribution is 0.0950. The second kappa shape index (κ2) is 4.76. The average molecular weight is 256 g/mol. The summed E-state index contributed by atoms with van der Waals surface area (Å²) in [5, 5.41) is 10.3. The van der Waals surface area contributed by atoms with Crippen LogP contribution in [-0.4, -0.2) is 22.2 Å². The predicted molar refractivity (Wildman–Crippen MR) is 73.0 cm³/mol. The molecule has 5 heteroatoms. The molecule has 3 rings (SSSR count). The fraction of sp³-hybridized carbons (Fsp3) is 0.286. The van der Waals surface area contributed by atoms with Gasteiger partial charge in [0.25, 0.3) is 5.91 Å². The van der Waals surface area contributed by atoms with Gasteiger partial charge in [-0.25, -0.2) is 0 Å². The third-order valence-corrected chi connectivity index (χ3v) is 3.43. The molecular formula is C14H16N4O. The normalized spacial score (nSPS) is 12.9. The molecule has 0 saturated heterocycles. The van der Waals surface area contributed by atoms with Gasteiger partial charge in [-0.2, -0.15) is 5.10 Å². The zero-order valence-corrected chi connectivity index (χ0v) is 10.8. The van der Waals surface area contributed by atoms with E-state index in [0.29, 0.717) is 12.1 Å². The van der Waals surface area contributed by atoms with Crippen molar-refractivity contribution in [3.63, 3.8) is 0 Å². The van der Waals surface area contributed by atoms with Gasteiger partial charge in [-0.05, 0) is 30.2 Å². The van der Waals surface area contributed by atoms with E-state index in [1.165, 1.54) is 5.56 Å². The zero-order valence-electron chi connectivity index (χ0n) is 10.8. The van der Waals surface area contributed by atoms with Crippen LogP contribution in [0.15, 0.2) is 30.5 Å². The Morgan fingerprint density at radius 1 is 1.47 bits per heavy atom. The maximum atomic E-state index is 12.1. The van der Waals surface area contributed by atoms with Crippen LogP contribution in [0.1, 0.15) is 21.6 Å². The number of carbonyl (C=O) groups excluding carboxylic acids is 1. The lowest BCUT2D eigenvalue weighted by Gasteiger charge is -2.07. The van der Waals surface area contributed by atoms with Crippen molar-refractivity contribution in [1.29, 1.82) is 0 Å². The number of carbonyl (C=O) groups is 1. The summed E-state index contributed by atoms with van der Waals surface area (Å²) in [5.41, 5.74) is 4.03. The molecule has 98 valence electrons. The highest BCUT2D eigenvalue weighted by molar-refractivity contribution is 5.95. The molecule has 2 heterocycles. The number of aryl methyl sites for hydroxylation is 1. The van der Waals surface area contributed by atoms with Gasteiger partial charge in [0.1, 0.15) is 0 Å². The zero-order chi connectivity index (χ0) is 13.2. The largest absolute Gasteiger partial charge is 0.384 e. The highest BCUT2D eigenvalue weighted by Gasteiger charge is 2.13. The fourth-order valence-electron chi connectivity index (χ4n) is 2.28. The number of fused-ring (bicyclic) bond motifs is 1. The summed E-state index contributed by atoms with van der Waals surface area (Å²) in [6.07, 6.45) is 2.76. The van der Waals surface area contributed by atoms with Gasteiger partial charge in [-0.3, -0.25) is 9.48 Å². The number of nitrogens with zero attached hydrogens (tertiary/aromatic N) is 2. The molecule has 0 fully saturated rings. The van der Waals surface area contributed by atoms with Gasteiger partial charge in [-0.1, -0.05) is 6.07 Å². The van der Waals surface area contributed by atoms with Crippen LogP contribution in [-0.2, 0) is 20.0 Å². The summed E-state index contributed by atoms with van der Waals surface area (Å²) in [4.78, 5) is 12.1. The van der Waals surface area contributed by atoms with E-state index in [2.05, 4.69) is 15.7 Å². The van der Waals surface area contributed by atoms with Crippen LogP contribution >= 0.6 is 0 Å². The maximum absolute atomic E-state index is 12.1. The number of hydrogen-bond donors (Lipinski definition) is 2. The van der Waals surface area contributed by atoms with Crippen LogP contribution in [0.25, 0.3) is 0 Å². The van der Waals surface area contributed by atoms with Crippen molar-refractivity contribution in [3.8, 4) is 0 Å². The first-order valence-electron chi connectivity index (χ1n) is 6.36. The van der Waals surface area contributed by atoms with Crippen LogP contribution in [0.2, 0.25) is 0 Å². The van der Waals surface area contributed by atoms with Gasteiger partial charge in [-0.15, -0.1) is 0 Å². The molecule has 2 N–H and O–H groups in total. The molecule has 0 radical (unpaired) electrons. The number of nitrogens with one attached hydrogen (secondary N) is 2. The van der Waals surface area contributed by atoms with Gasteiger partial charge in [0.05, 0.1) is 12.2 Å². The molecule has 0 spiro atoms. The molecule has 0 bridgehead atoms. The summed E-state index contributed by atoms with van der Waals surface area (Å²) in [6.45, 7) is 1.44. The lowest BCUT2D eigenvalue weighted by atomic mass is 10.1. The van der Waals surface area contributed by atoms with E-state index < -0.39 is 0 Å². The van der Waals surface area contributed by atoms with Crippen molar-refractivity contribution in [2.75, 3.05) is 11.9 Å². The molecular weight excluding hydrogens is 240 g/mol. The summed E-state index contributed by atoms with van der Waals surface area (Å²) in [7, 11) is 1.86. The highest BCUT2D eigenvalue weighted by Crippen LogP contribution is 2.23. The molecule has 0 saturated carbocycles. The molecule has 5 nitrogen and oxygen atoms in total. The summed E-state index contributed by atoms with van der Waals surface area (Å²) >= 11 is 0. The van der Waals surface area contributed by atoms with Gasteiger partial charge in [0, 0.05) is 31.0 Å². The third-order valence-electron chi connectivity index (χ3n) is 3.43. The van der Waals surface area contributed by atoms with E-state index >= 15 is 0 Å². The van der Waals surface area contributed by atoms with Crippen molar-refractivity contribution in [1.82, 2.24) is 15.1 Å². The van der Waals surface area contributed by atoms with Gasteiger partial charge in [0.2, 0.25) is 0 Å². The summed E-state index contributed by atoms with van der Waals surface area (Å²) in [6, 6.07) is 7.71. The second-order valence-corrected chi connectivity index (χ2v) is 4.68. The number of amides is 1. The quantitative estimate of drug-likeness (QED) is 0.870. The first-order valence-corrected chi connectivity index (χ1v) is 6.36. The number of benzene rings is 1. The molecule has 19 heavy (non-hydrogen) atoms. The van der Waals surface area contributed by atoms with E-state index in [9.17, 15) is 4.79 Å². The van der Waals surface area contributed by atoms with Crippen LogP contribution in [0.3, 0.4) is 0 Å². The van der Waals surface area contributed by atoms with Crippen molar-refractivity contribution in [2.24, 2.45) is 7.05 Å². The minimum Gasteiger partial charge on any atom is -0.384 e. The van der Waals surface area contributed by atoms with Crippen molar-refractivity contribution >= 4 is 11.6 Å². The van der Waals surface area contributed by atoms with E-state index in [1.807, 2.05) is 31.3 Å². The van der Waals surface area contributed by atoms with Gasteiger partial charge >= 0.3 is 0 Å². The Labute approximate surface area is 111 Å². The van der Waals surface area contributed by atoms with Gasteiger partial charge < -0.3 is 10.6 Å². The van der Waals surface area contributed by atoms with Crippen LogP contribution in [0.5, 0.6) is 0 Å². The molecule has 2 aromatic rings. The van der Waals surface area contributed by atoms with E-state index in [0.717, 1.165) is 24.3 Å². The van der Waals surface area contributed by atoms with E-state index in [-0.39, 0.29) is 5.91 Å². The molecule has 0 unspecified atom stereocenters. The Morgan fingerprint density at radius 3 is 3.16 bits per heavy atom. The Morgan fingerprint density at radius 2 is 2.37 bits per heavy atom. The molecule has 0 aliphatic carbocycles. The standard InChI is InChI=1S/C14H16N4O/c1-18-12(5-7-17-18)9-16-14(19)11-3-2-10-4-6-15-13(10)8-11/h2-3,5,7-8,15H,4,6,9H2,1H3,(H,16,19). The number of hydrogen-bond acceptors (Lipinski definition) is 3. The predicted octanol–water partition coefficient (Wildman–Crippen LogP) is 1.32. The minimum atomic E-state index is -0.0577. The molecule has 0 atom stereocenters. The Balaban J connectivity index is 1.69. The smallest absolute Gasteiger partial charge is 0.251 e. The SMILES string of the molecule is Cn1nccc1CNC(=O)c1ccc2c(c1)NCC2. The van der Waals surface area contributed by atoms with E-state index in [4.69, 9.17) is 0 Å². The topological polar surface area (TPSA) is 59.0 Å². The minimum absolute atomic E-state index is 0.0577. The first-order chi connectivity index (χ1) is 9.24. The highest BCUT2D eigenvalue weighted by atomic mass is 16.1. The first kappa shape index (κ1) is 11.8. The molecule has 1 aliphatic rings. The lowest BCUT2D eigenvalue weighted by Crippen LogP contribution is -2.24. The second-order valence-electron chi connectivity index (χ2n) is 4.68. The molecule has 1 amide bonds. The third kappa shape index (κ3) is 2.31. The van der Waals surface area contributed by atoms with Crippen LogP contribution < -0.4 is 10.6 Å². The summed E-state index contributed by atoms with van der Waals surface area (Å²) < 4.78 is 1.75.